The number of allylic oxidation sites excluding steroid dienone is 3. The lowest BCUT2D eigenvalue weighted by Crippen LogP contribution is -2.62. The van der Waals surface area contributed by atoms with E-state index in [1.54, 1.807) is 11.3 Å². The third kappa shape index (κ3) is 2.84. The fourth-order valence-electron chi connectivity index (χ4n) is 4.26. The van der Waals surface area contributed by atoms with E-state index < -0.39 is 0 Å². The third-order valence-electron chi connectivity index (χ3n) is 5.84. The monoisotopic (exact) mass is 353 g/mol. The molecule has 1 saturated heterocycles. The number of amides is 1. The Labute approximate surface area is 152 Å². The molecule has 0 N–H and O–H groups in total. The van der Waals surface area contributed by atoms with E-state index in [9.17, 15) is 4.79 Å². The topological polar surface area (TPSA) is 35.9 Å². The van der Waals surface area contributed by atoms with E-state index >= 15 is 0 Å². The molecule has 5 heteroatoms. The fourth-order valence-corrected chi connectivity index (χ4v) is 4.92. The predicted molar refractivity (Wildman–Crippen MR) is 102 cm³/mol. The zero-order valence-electron chi connectivity index (χ0n) is 14.3. The molecule has 2 aliphatic carbocycles. The standard InChI is InChI=1S/C20H23N3OS/c24-20-19(16-5-3-15(4-6-16)17-7-8-25-12-17)23-13-21-9-18(23)11-22(20)10-14-1-2-14/h3-5,7-8,12-14,16,18-19H,1-2,6,9-11H2. The largest absolute Gasteiger partial charge is 0.344 e. The molecular formula is C20H23N3OS. The molecule has 5 rings (SSSR count). The first kappa shape index (κ1) is 15.4. The van der Waals surface area contributed by atoms with Gasteiger partial charge in [0, 0.05) is 19.0 Å². The minimum absolute atomic E-state index is 0.0831. The van der Waals surface area contributed by atoms with Crippen molar-refractivity contribution in [2.45, 2.75) is 31.3 Å². The van der Waals surface area contributed by atoms with Crippen LogP contribution in [0.2, 0.25) is 0 Å². The molecule has 3 unspecified atom stereocenters. The Hall–Kier alpha value is -1.88. The lowest BCUT2D eigenvalue weighted by Gasteiger charge is -2.45. The predicted octanol–water partition coefficient (Wildman–Crippen LogP) is 3.04. The normalized spacial score (nSPS) is 31.4. The summed E-state index contributed by atoms with van der Waals surface area (Å²) in [4.78, 5) is 22.1. The van der Waals surface area contributed by atoms with Crippen LogP contribution in [0.5, 0.6) is 0 Å². The molecule has 4 aliphatic rings. The van der Waals surface area contributed by atoms with Crippen molar-refractivity contribution in [2.75, 3.05) is 19.6 Å². The van der Waals surface area contributed by atoms with E-state index in [2.05, 4.69) is 49.8 Å². The minimum atomic E-state index is -0.0831. The van der Waals surface area contributed by atoms with Crippen LogP contribution >= 0.6 is 11.3 Å². The van der Waals surface area contributed by atoms with E-state index in [-0.39, 0.29) is 12.0 Å². The van der Waals surface area contributed by atoms with E-state index in [0.29, 0.717) is 11.9 Å². The van der Waals surface area contributed by atoms with Crippen LogP contribution in [0.4, 0.5) is 0 Å². The maximum Gasteiger partial charge on any atom is 0.246 e. The molecule has 0 aromatic carbocycles. The van der Waals surface area contributed by atoms with Gasteiger partial charge in [0.25, 0.3) is 0 Å². The number of thiophene rings is 1. The third-order valence-corrected chi connectivity index (χ3v) is 6.52. The molecule has 0 bridgehead atoms. The van der Waals surface area contributed by atoms with Gasteiger partial charge in [0.15, 0.2) is 0 Å². The average molecular weight is 353 g/mol. The zero-order chi connectivity index (χ0) is 16.8. The van der Waals surface area contributed by atoms with Crippen molar-refractivity contribution >= 4 is 29.2 Å². The maximum atomic E-state index is 13.2. The smallest absolute Gasteiger partial charge is 0.246 e. The quantitative estimate of drug-likeness (QED) is 0.834. The number of hydrogen-bond donors (Lipinski definition) is 0. The molecule has 3 heterocycles. The average Bonchev–Trinajstić information content (AvgIpc) is 3.10. The van der Waals surface area contributed by atoms with Gasteiger partial charge < -0.3 is 9.80 Å². The Morgan fingerprint density at radius 2 is 2.24 bits per heavy atom. The summed E-state index contributed by atoms with van der Waals surface area (Å²) in [7, 11) is 0. The van der Waals surface area contributed by atoms with Crippen LogP contribution in [0.1, 0.15) is 24.8 Å². The van der Waals surface area contributed by atoms with Crippen LogP contribution in [-0.4, -0.2) is 53.8 Å². The number of rotatable bonds is 4. The highest BCUT2D eigenvalue weighted by Crippen LogP contribution is 2.35. The first-order valence-electron chi connectivity index (χ1n) is 9.27. The van der Waals surface area contributed by atoms with Gasteiger partial charge in [-0.1, -0.05) is 18.2 Å². The summed E-state index contributed by atoms with van der Waals surface area (Å²) in [5.74, 6) is 1.29. The summed E-state index contributed by atoms with van der Waals surface area (Å²) < 4.78 is 0. The van der Waals surface area contributed by atoms with Crippen LogP contribution in [0.25, 0.3) is 5.57 Å². The summed E-state index contributed by atoms with van der Waals surface area (Å²) in [6, 6.07) is 2.45. The van der Waals surface area contributed by atoms with Gasteiger partial charge in [-0.3, -0.25) is 9.79 Å². The SMILES string of the molecule is O=C1C(C2C=CC(c3ccsc3)=CC2)N2C=NCC2CN1CC1CC1. The number of nitrogens with zero attached hydrogens (tertiary/aromatic N) is 3. The zero-order valence-corrected chi connectivity index (χ0v) is 15.1. The van der Waals surface area contributed by atoms with E-state index in [4.69, 9.17) is 0 Å². The Balaban J connectivity index is 1.36. The molecule has 1 aromatic rings. The lowest BCUT2D eigenvalue weighted by molar-refractivity contribution is -0.142. The Kier molecular flexibility index (Phi) is 3.77. The molecule has 1 amide bonds. The second kappa shape index (κ2) is 6.13. The van der Waals surface area contributed by atoms with Gasteiger partial charge in [0.2, 0.25) is 5.91 Å². The fraction of sp³-hybridized carbons (Fsp3) is 0.500. The summed E-state index contributed by atoms with van der Waals surface area (Å²) in [6.45, 7) is 2.63. The second-order valence-corrected chi connectivity index (χ2v) is 8.42. The molecule has 130 valence electrons. The van der Waals surface area contributed by atoms with Crippen LogP contribution in [-0.2, 0) is 4.79 Å². The van der Waals surface area contributed by atoms with Gasteiger partial charge in [0.05, 0.1) is 18.9 Å². The maximum absolute atomic E-state index is 13.2. The van der Waals surface area contributed by atoms with E-state index in [0.717, 1.165) is 32.0 Å². The number of carbonyl (C=O) groups is 1. The number of aliphatic imine (C=N–C) groups is 1. The van der Waals surface area contributed by atoms with Crippen molar-refractivity contribution < 1.29 is 4.79 Å². The Morgan fingerprint density at radius 1 is 1.32 bits per heavy atom. The number of carbonyl (C=O) groups excluding carboxylic acids is 1. The number of fused-ring (bicyclic) bond motifs is 1. The molecular weight excluding hydrogens is 330 g/mol. The molecule has 2 fully saturated rings. The summed E-state index contributed by atoms with van der Waals surface area (Å²) >= 11 is 1.73. The summed E-state index contributed by atoms with van der Waals surface area (Å²) in [5, 5.41) is 4.30. The van der Waals surface area contributed by atoms with Crippen molar-refractivity contribution in [1.82, 2.24) is 9.80 Å². The highest BCUT2D eigenvalue weighted by atomic mass is 32.1. The highest BCUT2D eigenvalue weighted by Gasteiger charge is 2.45. The Bertz CT molecular complexity index is 747. The molecule has 1 aromatic heterocycles. The van der Waals surface area contributed by atoms with E-state index in [1.165, 1.54) is 24.0 Å². The van der Waals surface area contributed by atoms with Crippen LogP contribution in [0.3, 0.4) is 0 Å². The summed E-state index contributed by atoms with van der Waals surface area (Å²) in [6.07, 6.45) is 12.2. The van der Waals surface area contributed by atoms with E-state index in [1.807, 2.05) is 6.34 Å². The first-order valence-corrected chi connectivity index (χ1v) is 10.2. The second-order valence-electron chi connectivity index (χ2n) is 7.64. The van der Waals surface area contributed by atoms with Crippen molar-refractivity contribution in [1.29, 1.82) is 0 Å². The lowest BCUT2D eigenvalue weighted by atomic mass is 9.85. The number of piperazine rings is 1. The van der Waals surface area contributed by atoms with Crippen LogP contribution in [0.15, 0.2) is 40.0 Å². The Morgan fingerprint density at radius 3 is 2.96 bits per heavy atom. The highest BCUT2D eigenvalue weighted by molar-refractivity contribution is 7.08. The van der Waals surface area contributed by atoms with Crippen LogP contribution in [0, 0.1) is 11.8 Å². The summed E-state index contributed by atoms with van der Waals surface area (Å²) in [5.41, 5.74) is 2.56. The number of hydrogen-bond acceptors (Lipinski definition) is 4. The molecule has 2 aliphatic heterocycles. The van der Waals surface area contributed by atoms with Gasteiger partial charge in [-0.15, -0.1) is 0 Å². The molecule has 3 atom stereocenters. The minimum Gasteiger partial charge on any atom is -0.344 e. The van der Waals surface area contributed by atoms with Gasteiger partial charge in [-0.2, -0.15) is 11.3 Å². The van der Waals surface area contributed by atoms with Gasteiger partial charge in [0.1, 0.15) is 6.04 Å². The van der Waals surface area contributed by atoms with Crippen molar-refractivity contribution in [2.24, 2.45) is 16.8 Å². The molecule has 0 spiro atoms. The van der Waals surface area contributed by atoms with Crippen molar-refractivity contribution in [3.8, 4) is 0 Å². The molecule has 0 radical (unpaired) electrons. The van der Waals surface area contributed by atoms with Crippen molar-refractivity contribution in [3.05, 3.63) is 40.6 Å². The van der Waals surface area contributed by atoms with Crippen molar-refractivity contribution in [3.63, 3.8) is 0 Å². The van der Waals surface area contributed by atoms with Crippen LogP contribution < -0.4 is 0 Å². The van der Waals surface area contributed by atoms with Gasteiger partial charge in [-0.05, 0) is 53.1 Å². The first-order chi connectivity index (χ1) is 12.3. The van der Waals surface area contributed by atoms with Gasteiger partial charge >= 0.3 is 0 Å². The molecule has 1 saturated carbocycles. The molecule has 25 heavy (non-hydrogen) atoms. The van der Waals surface area contributed by atoms with Gasteiger partial charge in [-0.25, -0.2) is 0 Å². The molecule has 4 nitrogen and oxygen atoms in total.